The smallest absolute Gasteiger partial charge is 0.0685 e. The Morgan fingerprint density at radius 3 is 2.85 bits per heavy atom. The van der Waals surface area contributed by atoms with Gasteiger partial charge in [-0.3, -0.25) is 4.68 Å². The molecule has 1 unspecified atom stereocenters. The summed E-state index contributed by atoms with van der Waals surface area (Å²) < 4.78 is 1.83. The van der Waals surface area contributed by atoms with Gasteiger partial charge in [-0.15, -0.1) is 0 Å². The van der Waals surface area contributed by atoms with Crippen LogP contribution in [0.1, 0.15) is 11.4 Å². The van der Waals surface area contributed by atoms with Gasteiger partial charge in [0, 0.05) is 24.9 Å². The average molecular weight is 200 g/mol. The van der Waals surface area contributed by atoms with Crippen LogP contribution in [0, 0.1) is 6.92 Å². The Bertz CT molecular complexity index is 273. The molecular weight excluding hydrogens is 184 g/mol. The molecule has 0 aliphatic rings. The molecular formula is C9H16N2OS. The van der Waals surface area contributed by atoms with Crippen LogP contribution in [0.25, 0.3) is 0 Å². The Labute approximate surface area is 83.1 Å². The third kappa shape index (κ3) is 3.04. The van der Waals surface area contributed by atoms with Crippen molar-refractivity contribution in [1.29, 1.82) is 0 Å². The zero-order valence-electron chi connectivity index (χ0n) is 8.32. The minimum Gasteiger partial charge on any atom is -0.392 e. The number of aromatic nitrogens is 2. The number of rotatable bonds is 4. The van der Waals surface area contributed by atoms with Crippen molar-refractivity contribution in [2.75, 3.05) is 12.0 Å². The number of aliphatic hydroxyl groups is 1. The van der Waals surface area contributed by atoms with Crippen molar-refractivity contribution in [1.82, 2.24) is 9.78 Å². The van der Waals surface area contributed by atoms with Crippen LogP contribution < -0.4 is 0 Å². The van der Waals surface area contributed by atoms with Crippen LogP contribution in [-0.4, -0.2) is 33.0 Å². The molecule has 0 aromatic carbocycles. The molecule has 0 spiro atoms. The van der Waals surface area contributed by atoms with E-state index in [1.165, 1.54) is 0 Å². The maximum Gasteiger partial charge on any atom is 0.0685 e. The van der Waals surface area contributed by atoms with Crippen molar-refractivity contribution in [2.45, 2.75) is 19.4 Å². The van der Waals surface area contributed by atoms with Crippen LogP contribution in [0.2, 0.25) is 0 Å². The quantitative estimate of drug-likeness (QED) is 0.788. The number of nitrogens with zero attached hydrogens (tertiary/aromatic N) is 2. The highest BCUT2D eigenvalue weighted by atomic mass is 32.2. The Morgan fingerprint density at radius 1 is 1.69 bits per heavy atom. The minimum absolute atomic E-state index is 0.259. The van der Waals surface area contributed by atoms with Gasteiger partial charge in [0.15, 0.2) is 0 Å². The molecule has 1 rings (SSSR count). The summed E-state index contributed by atoms with van der Waals surface area (Å²) in [6, 6.07) is 2.02. The maximum absolute atomic E-state index is 9.57. The van der Waals surface area contributed by atoms with E-state index in [0.29, 0.717) is 6.42 Å². The van der Waals surface area contributed by atoms with Crippen LogP contribution in [-0.2, 0) is 13.5 Å². The van der Waals surface area contributed by atoms with Crippen LogP contribution in [0.4, 0.5) is 0 Å². The van der Waals surface area contributed by atoms with Gasteiger partial charge in [0.2, 0.25) is 0 Å². The zero-order chi connectivity index (χ0) is 9.84. The third-order valence-electron chi connectivity index (χ3n) is 1.90. The summed E-state index contributed by atoms with van der Waals surface area (Å²) in [5.74, 6) is 0.782. The van der Waals surface area contributed by atoms with Crippen molar-refractivity contribution in [3.05, 3.63) is 17.5 Å². The average Bonchev–Trinajstić information content (AvgIpc) is 2.30. The number of thioether (sulfide) groups is 1. The molecule has 0 saturated carbocycles. The highest BCUT2D eigenvalue weighted by Crippen LogP contribution is 2.07. The van der Waals surface area contributed by atoms with Crippen molar-refractivity contribution in [3.63, 3.8) is 0 Å². The number of aryl methyl sites for hydroxylation is 2. The van der Waals surface area contributed by atoms with Crippen LogP contribution in [0.5, 0.6) is 0 Å². The lowest BCUT2D eigenvalue weighted by Gasteiger charge is -2.08. The van der Waals surface area contributed by atoms with Gasteiger partial charge in [0.25, 0.3) is 0 Å². The first-order valence-corrected chi connectivity index (χ1v) is 5.69. The molecule has 74 valence electrons. The van der Waals surface area contributed by atoms with Gasteiger partial charge in [-0.25, -0.2) is 0 Å². The van der Waals surface area contributed by atoms with Gasteiger partial charge >= 0.3 is 0 Å². The molecule has 1 heterocycles. The van der Waals surface area contributed by atoms with Crippen molar-refractivity contribution < 1.29 is 5.11 Å². The molecule has 1 atom stereocenters. The Balaban J connectivity index is 2.57. The monoisotopic (exact) mass is 200 g/mol. The first kappa shape index (κ1) is 10.6. The molecule has 0 aliphatic carbocycles. The van der Waals surface area contributed by atoms with E-state index < -0.39 is 0 Å². The standard InChI is InChI=1S/C9H16N2OS/c1-7-4-8(11(2)10-7)5-9(12)6-13-3/h4,9,12H,5-6H2,1-3H3. The van der Waals surface area contributed by atoms with E-state index >= 15 is 0 Å². The summed E-state index contributed by atoms with van der Waals surface area (Å²) in [6.45, 7) is 1.96. The van der Waals surface area contributed by atoms with E-state index in [0.717, 1.165) is 17.1 Å². The lowest BCUT2D eigenvalue weighted by atomic mass is 10.2. The predicted octanol–water partition coefficient (Wildman–Crippen LogP) is 0.995. The number of hydrogen-bond acceptors (Lipinski definition) is 3. The lowest BCUT2D eigenvalue weighted by Crippen LogP contribution is -2.15. The summed E-state index contributed by atoms with van der Waals surface area (Å²) in [5.41, 5.74) is 2.10. The molecule has 1 N–H and O–H groups in total. The second-order valence-corrected chi connectivity index (χ2v) is 4.12. The number of aliphatic hydroxyl groups excluding tert-OH is 1. The maximum atomic E-state index is 9.57. The van der Waals surface area contributed by atoms with E-state index in [9.17, 15) is 5.11 Å². The molecule has 0 amide bonds. The van der Waals surface area contributed by atoms with E-state index in [2.05, 4.69) is 5.10 Å². The molecule has 0 bridgehead atoms. The predicted molar refractivity (Wildman–Crippen MR) is 56.0 cm³/mol. The van der Waals surface area contributed by atoms with Gasteiger partial charge in [0.05, 0.1) is 11.8 Å². The SMILES string of the molecule is CSCC(O)Cc1cc(C)nn1C. The summed E-state index contributed by atoms with van der Waals surface area (Å²) in [6.07, 6.45) is 2.43. The summed E-state index contributed by atoms with van der Waals surface area (Å²) >= 11 is 1.66. The fraction of sp³-hybridized carbons (Fsp3) is 0.667. The second-order valence-electron chi connectivity index (χ2n) is 3.21. The lowest BCUT2D eigenvalue weighted by molar-refractivity contribution is 0.197. The van der Waals surface area contributed by atoms with E-state index in [1.807, 2.05) is 31.0 Å². The topological polar surface area (TPSA) is 38.1 Å². The van der Waals surface area contributed by atoms with Crippen molar-refractivity contribution in [2.24, 2.45) is 7.05 Å². The van der Waals surface area contributed by atoms with Gasteiger partial charge in [-0.2, -0.15) is 16.9 Å². The summed E-state index contributed by atoms with van der Waals surface area (Å²) in [4.78, 5) is 0. The molecule has 13 heavy (non-hydrogen) atoms. The fourth-order valence-electron chi connectivity index (χ4n) is 1.35. The van der Waals surface area contributed by atoms with Gasteiger partial charge in [-0.05, 0) is 19.2 Å². The second kappa shape index (κ2) is 4.67. The van der Waals surface area contributed by atoms with E-state index in [4.69, 9.17) is 0 Å². The Kier molecular flexibility index (Phi) is 3.81. The third-order valence-corrected chi connectivity index (χ3v) is 2.62. The largest absolute Gasteiger partial charge is 0.392 e. The van der Waals surface area contributed by atoms with Gasteiger partial charge in [-0.1, -0.05) is 0 Å². The van der Waals surface area contributed by atoms with Crippen LogP contribution in [0.15, 0.2) is 6.07 Å². The van der Waals surface area contributed by atoms with E-state index in [1.54, 1.807) is 11.8 Å². The van der Waals surface area contributed by atoms with Crippen LogP contribution in [0.3, 0.4) is 0 Å². The molecule has 0 radical (unpaired) electrons. The molecule has 0 fully saturated rings. The highest BCUT2D eigenvalue weighted by Gasteiger charge is 2.08. The molecule has 1 aromatic heterocycles. The molecule has 1 aromatic rings. The summed E-state index contributed by atoms with van der Waals surface area (Å²) in [5, 5.41) is 13.8. The highest BCUT2D eigenvalue weighted by molar-refractivity contribution is 7.98. The first-order chi connectivity index (χ1) is 6.13. The summed E-state index contributed by atoms with van der Waals surface area (Å²) in [7, 11) is 1.91. The zero-order valence-corrected chi connectivity index (χ0v) is 9.14. The molecule has 0 saturated heterocycles. The fourth-order valence-corrected chi connectivity index (χ4v) is 1.85. The Hall–Kier alpha value is -0.480. The van der Waals surface area contributed by atoms with Crippen molar-refractivity contribution >= 4 is 11.8 Å². The first-order valence-electron chi connectivity index (χ1n) is 4.30. The van der Waals surface area contributed by atoms with E-state index in [-0.39, 0.29) is 6.10 Å². The number of hydrogen-bond donors (Lipinski definition) is 1. The Morgan fingerprint density at radius 2 is 2.38 bits per heavy atom. The van der Waals surface area contributed by atoms with Gasteiger partial charge < -0.3 is 5.11 Å². The molecule has 3 nitrogen and oxygen atoms in total. The van der Waals surface area contributed by atoms with Crippen molar-refractivity contribution in [3.8, 4) is 0 Å². The van der Waals surface area contributed by atoms with Crippen LogP contribution >= 0.6 is 11.8 Å². The molecule has 4 heteroatoms. The molecule has 0 aliphatic heterocycles. The normalized spacial score (nSPS) is 13.2. The van der Waals surface area contributed by atoms with Gasteiger partial charge in [0.1, 0.15) is 0 Å². The minimum atomic E-state index is -0.259.